The monoisotopic (exact) mass is 344 g/mol. The van der Waals surface area contributed by atoms with Crippen LogP contribution in [-0.4, -0.2) is 27.8 Å². The van der Waals surface area contributed by atoms with Crippen LogP contribution in [0.15, 0.2) is 46.9 Å². The van der Waals surface area contributed by atoms with Crippen LogP contribution in [0.2, 0.25) is 0 Å². The van der Waals surface area contributed by atoms with Crippen molar-refractivity contribution >= 4 is 34.0 Å². The zero-order valence-electron chi connectivity index (χ0n) is 12.8. The number of nitrogens with zero attached hydrogens (tertiary/aromatic N) is 3. The van der Waals surface area contributed by atoms with Crippen molar-refractivity contribution in [2.75, 3.05) is 18.2 Å². The summed E-state index contributed by atoms with van der Waals surface area (Å²) in [5.41, 5.74) is 1.66. The third-order valence-corrected chi connectivity index (χ3v) is 4.56. The minimum Gasteiger partial charge on any atom is -0.492 e. The van der Waals surface area contributed by atoms with E-state index in [1.807, 2.05) is 42.8 Å². The van der Waals surface area contributed by atoms with Crippen molar-refractivity contribution < 1.29 is 4.74 Å². The molecular weight excluding hydrogens is 328 g/mol. The molecule has 0 unspecified atom stereocenters. The smallest absolute Gasteiger partial charge is 0.188 e. The van der Waals surface area contributed by atoms with Crippen LogP contribution in [-0.2, 0) is 0 Å². The summed E-state index contributed by atoms with van der Waals surface area (Å²) in [5, 5.41) is 6.04. The van der Waals surface area contributed by atoms with E-state index < -0.39 is 0 Å². The molecule has 0 saturated carbocycles. The Bertz CT molecular complexity index is 774. The van der Waals surface area contributed by atoms with E-state index in [0.717, 1.165) is 33.0 Å². The zero-order valence-corrected chi connectivity index (χ0v) is 14.4. The van der Waals surface area contributed by atoms with Gasteiger partial charge in [-0.2, -0.15) is 0 Å². The summed E-state index contributed by atoms with van der Waals surface area (Å²) in [7, 11) is 0. The van der Waals surface area contributed by atoms with Crippen LogP contribution in [0.4, 0.5) is 10.9 Å². The van der Waals surface area contributed by atoms with Gasteiger partial charge in [-0.3, -0.25) is 4.98 Å². The maximum Gasteiger partial charge on any atom is 0.188 e. The van der Waals surface area contributed by atoms with E-state index in [2.05, 4.69) is 20.3 Å². The number of anilines is 2. The summed E-state index contributed by atoms with van der Waals surface area (Å²) >= 11 is 3.18. The third-order valence-electron chi connectivity index (χ3n) is 3.03. The fraction of sp³-hybridized carbons (Fsp3) is 0.188. The number of pyridine rings is 2. The van der Waals surface area contributed by atoms with Crippen molar-refractivity contribution in [2.45, 2.75) is 11.8 Å². The molecule has 0 aliphatic heterocycles. The number of nitrogens with one attached hydrogen (secondary N) is 1. The number of rotatable bonds is 6. The molecular formula is C16H16N4OS2. The highest BCUT2D eigenvalue weighted by atomic mass is 32.2. The molecule has 0 fully saturated rings. The normalized spacial score (nSPS) is 10.5. The van der Waals surface area contributed by atoms with Gasteiger partial charge < -0.3 is 10.1 Å². The van der Waals surface area contributed by atoms with Crippen LogP contribution in [0, 0.1) is 0 Å². The average molecular weight is 344 g/mol. The van der Waals surface area contributed by atoms with Gasteiger partial charge in [-0.15, -0.1) is 23.1 Å². The molecule has 0 amide bonds. The van der Waals surface area contributed by atoms with Crippen LogP contribution in [0.5, 0.6) is 5.75 Å². The summed E-state index contributed by atoms with van der Waals surface area (Å²) in [6, 6.07) is 7.78. The van der Waals surface area contributed by atoms with Crippen molar-refractivity contribution in [3.63, 3.8) is 0 Å². The van der Waals surface area contributed by atoms with Crippen molar-refractivity contribution in [3.05, 3.63) is 42.0 Å². The van der Waals surface area contributed by atoms with Crippen LogP contribution in [0.1, 0.15) is 6.92 Å². The molecule has 0 aliphatic rings. The molecule has 0 aromatic carbocycles. The molecule has 3 heterocycles. The maximum atomic E-state index is 5.40. The van der Waals surface area contributed by atoms with E-state index in [1.54, 1.807) is 24.2 Å². The van der Waals surface area contributed by atoms with E-state index in [9.17, 15) is 0 Å². The van der Waals surface area contributed by atoms with Gasteiger partial charge in [0.1, 0.15) is 17.3 Å². The largest absolute Gasteiger partial charge is 0.492 e. The molecule has 1 N–H and O–H groups in total. The van der Waals surface area contributed by atoms with Gasteiger partial charge >= 0.3 is 0 Å². The molecule has 0 atom stereocenters. The highest BCUT2D eigenvalue weighted by molar-refractivity contribution is 7.98. The van der Waals surface area contributed by atoms with Crippen LogP contribution in [0.25, 0.3) is 11.4 Å². The number of hydrogen-bond donors (Lipinski definition) is 1. The third kappa shape index (κ3) is 3.80. The van der Waals surface area contributed by atoms with Gasteiger partial charge in [-0.25, -0.2) is 9.97 Å². The van der Waals surface area contributed by atoms with Gasteiger partial charge in [0.25, 0.3) is 0 Å². The molecule has 0 spiro atoms. The molecule has 5 nitrogen and oxygen atoms in total. The summed E-state index contributed by atoms with van der Waals surface area (Å²) in [6.07, 6.45) is 5.51. The van der Waals surface area contributed by atoms with Crippen molar-refractivity contribution in [3.8, 4) is 17.1 Å². The lowest BCUT2D eigenvalue weighted by molar-refractivity contribution is 0.339. The minimum atomic E-state index is 0.633. The maximum absolute atomic E-state index is 5.40. The average Bonchev–Trinajstić information content (AvgIpc) is 3.05. The molecule has 7 heteroatoms. The SMILES string of the molecule is CCOc1ccc(-c2csc(Nc3ncccc3SC)n2)nc1. The zero-order chi connectivity index (χ0) is 16.1. The first kappa shape index (κ1) is 15.8. The highest BCUT2D eigenvalue weighted by Gasteiger charge is 2.09. The summed E-state index contributed by atoms with van der Waals surface area (Å²) in [4.78, 5) is 14.4. The lowest BCUT2D eigenvalue weighted by Crippen LogP contribution is -1.95. The van der Waals surface area contributed by atoms with Gasteiger partial charge in [-0.05, 0) is 37.4 Å². The van der Waals surface area contributed by atoms with E-state index >= 15 is 0 Å². The van der Waals surface area contributed by atoms with Crippen LogP contribution in [0.3, 0.4) is 0 Å². The molecule has 3 aromatic heterocycles. The molecule has 0 bridgehead atoms. The second-order valence-electron chi connectivity index (χ2n) is 4.53. The van der Waals surface area contributed by atoms with E-state index in [-0.39, 0.29) is 0 Å². The van der Waals surface area contributed by atoms with Gasteiger partial charge in [0.2, 0.25) is 0 Å². The van der Waals surface area contributed by atoms with Crippen LogP contribution < -0.4 is 10.1 Å². The van der Waals surface area contributed by atoms with E-state index in [1.165, 1.54) is 11.3 Å². The second-order valence-corrected chi connectivity index (χ2v) is 6.24. The van der Waals surface area contributed by atoms with Gasteiger partial charge in [0, 0.05) is 16.5 Å². The molecule has 23 heavy (non-hydrogen) atoms. The van der Waals surface area contributed by atoms with Gasteiger partial charge in [0.05, 0.1) is 18.5 Å². The van der Waals surface area contributed by atoms with Crippen molar-refractivity contribution in [2.24, 2.45) is 0 Å². The molecule has 118 valence electrons. The fourth-order valence-corrected chi connectivity index (χ4v) is 3.20. The summed E-state index contributed by atoms with van der Waals surface area (Å²) < 4.78 is 5.40. The number of aromatic nitrogens is 3. The minimum absolute atomic E-state index is 0.633. The first-order valence-electron chi connectivity index (χ1n) is 7.11. The Morgan fingerprint density at radius 3 is 2.87 bits per heavy atom. The highest BCUT2D eigenvalue weighted by Crippen LogP contribution is 2.29. The summed E-state index contributed by atoms with van der Waals surface area (Å²) in [6.45, 7) is 2.58. The molecule has 0 radical (unpaired) electrons. The first-order chi connectivity index (χ1) is 11.3. The van der Waals surface area contributed by atoms with Crippen molar-refractivity contribution in [1.29, 1.82) is 0 Å². The number of ether oxygens (including phenoxy) is 1. The van der Waals surface area contributed by atoms with E-state index in [4.69, 9.17) is 4.74 Å². The predicted molar refractivity (Wildman–Crippen MR) is 95.8 cm³/mol. The van der Waals surface area contributed by atoms with E-state index in [0.29, 0.717) is 6.61 Å². The van der Waals surface area contributed by atoms with Crippen molar-refractivity contribution in [1.82, 2.24) is 15.0 Å². The molecule has 0 saturated heterocycles. The molecule has 3 rings (SSSR count). The summed E-state index contributed by atoms with van der Waals surface area (Å²) in [5.74, 6) is 1.59. The fourth-order valence-electron chi connectivity index (χ4n) is 1.98. The number of hydrogen-bond acceptors (Lipinski definition) is 7. The Hall–Kier alpha value is -2.12. The Balaban J connectivity index is 1.77. The first-order valence-corrected chi connectivity index (χ1v) is 9.21. The number of thiazole rings is 1. The Morgan fingerprint density at radius 1 is 1.22 bits per heavy atom. The molecule has 0 aliphatic carbocycles. The van der Waals surface area contributed by atoms with Gasteiger partial charge in [0.15, 0.2) is 5.13 Å². The van der Waals surface area contributed by atoms with Crippen LogP contribution >= 0.6 is 23.1 Å². The predicted octanol–water partition coefficient (Wildman–Crippen LogP) is 4.46. The number of thioether (sulfide) groups is 1. The Morgan fingerprint density at radius 2 is 2.13 bits per heavy atom. The van der Waals surface area contributed by atoms with Gasteiger partial charge in [-0.1, -0.05) is 0 Å². The molecule has 3 aromatic rings. The topological polar surface area (TPSA) is 59.9 Å². The lowest BCUT2D eigenvalue weighted by Gasteiger charge is -2.05. The quantitative estimate of drug-likeness (QED) is 0.666. The second kappa shape index (κ2) is 7.43. The Labute approximate surface area is 143 Å². The standard InChI is InChI=1S/C16H16N4OS2/c1-3-21-11-6-7-12(18-9-11)13-10-23-16(19-13)20-15-14(22-2)5-4-8-17-15/h4-10H,3H2,1-2H3,(H,17,19,20). The Kier molecular flexibility index (Phi) is 5.09. The lowest BCUT2D eigenvalue weighted by atomic mass is 10.3.